The average molecular weight is 291 g/mol. The third-order valence-electron chi connectivity index (χ3n) is 4.23. The second-order valence-corrected chi connectivity index (χ2v) is 6.05. The Hall–Kier alpha value is -1.13. The lowest BCUT2D eigenvalue weighted by Crippen LogP contribution is -2.36. The molecule has 0 saturated heterocycles. The Morgan fingerprint density at radius 2 is 2.24 bits per heavy atom. The van der Waals surface area contributed by atoms with Crippen molar-refractivity contribution in [1.82, 2.24) is 10.3 Å². The number of rotatable bonds is 9. The van der Waals surface area contributed by atoms with Crippen LogP contribution < -0.4 is 10.2 Å². The molecule has 1 aliphatic rings. The molecule has 1 unspecified atom stereocenters. The maximum absolute atomic E-state index is 5.29. The molecule has 1 heterocycles. The minimum atomic E-state index is 0.502. The van der Waals surface area contributed by atoms with E-state index < -0.39 is 0 Å². The van der Waals surface area contributed by atoms with E-state index in [0.717, 1.165) is 37.9 Å². The fraction of sp³-hybridized carbons (Fsp3) is 0.706. The topological polar surface area (TPSA) is 37.4 Å². The van der Waals surface area contributed by atoms with Gasteiger partial charge in [0.15, 0.2) is 0 Å². The molecule has 118 valence electrons. The largest absolute Gasteiger partial charge is 0.383 e. The number of nitrogens with one attached hydrogen (secondary N) is 1. The van der Waals surface area contributed by atoms with Gasteiger partial charge in [0.1, 0.15) is 0 Å². The second-order valence-electron chi connectivity index (χ2n) is 6.05. The molecule has 0 aromatic carbocycles. The van der Waals surface area contributed by atoms with Crippen molar-refractivity contribution < 1.29 is 4.74 Å². The Bertz CT molecular complexity index is 446. The molecule has 4 nitrogen and oxygen atoms in total. The fourth-order valence-electron chi connectivity index (χ4n) is 2.51. The minimum Gasteiger partial charge on any atom is -0.383 e. The average Bonchev–Trinajstić information content (AvgIpc) is 3.30. The number of pyridine rings is 1. The SMILES string of the molecule is CCC(C)N(CCOC)c1cc(C)ncc1CNC1CC1. The summed E-state index contributed by atoms with van der Waals surface area (Å²) in [7, 11) is 1.77. The van der Waals surface area contributed by atoms with Crippen LogP contribution in [-0.4, -0.2) is 37.3 Å². The Labute approximate surface area is 128 Å². The highest BCUT2D eigenvalue weighted by molar-refractivity contribution is 5.54. The van der Waals surface area contributed by atoms with Crippen molar-refractivity contribution in [3.8, 4) is 0 Å². The molecular weight excluding hydrogens is 262 g/mol. The molecule has 21 heavy (non-hydrogen) atoms. The van der Waals surface area contributed by atoms with Crippen molar-refractivity contribution in [2.24, 2.45) is 0 Å². The molecule has 1 fully saturated rings. The summed E-state index contributed by atoms with van der Waals surface area (Å²) in [4.78, 5) is 6.95. The van der Waals surface area contributed by atoms with Gasteiger partial charge in [-0.2, -0.15) is 0 Å². The quantitative estimate of drug-likeness (QED) is 0.759. The lowest BCUT2D eigenvalue weighted by Gasteiger charge is -2.32. The lowest BCUT2D eigenvalue weighted by molar-refractivity contribution is 0.203. The number of hydrogen-bond acceptors (Lipinski definition) is 4. The first-order chi connectivity index (χ1) is 10.2. The zero-order valence-electron chi connectivity index (χ0n) is 13.9. The van der Waals surface area contributed by atoms with Crippen LogP contribution in [0.15, 0.2) is 12.3 Å². The highest BCUT2D eigenvalue weighted by atomic mass is 16.5. The van der Waals surface area contributed by atoms with Crippen LogP contribution in [0.5, 0.6) is 0 Å². The van der Waals surface area contributed by atoms with Crippen LogP contribution in [0.1, 0.15) is 44.4 Å². The Morgan fingerprint density at radius 1 is 1.48 bits per heavy atom. The maximum Gasteiger partial charge on any atom is 0.0637 e. The van der Waals surface area contributed by atoms with Crippen LogP contribution in [0.25, 0.3) is 0 Å². The first-order valence-corrected chi connectivity index (χ1v) is 8.10. The molecule has 1 aliphatic carbocycles. The first-order valence-electron chi connectivity index (χ1n) is 8.10. The van der Waals surface area contributed by atoms with Crippen LogP contribution in [0.2, 0.25) is 0 Å². The van der Waals surface area contributed by atoms with Gasteiger partial charge < -0.3 is 15.0 Å². The molecule has 1 saturated carbocycles. The van der Waals surface area contributed by atoms with E-state index in [9.17, 15) is 0 Å². The van der Waals surface area contributed by atoms with Gasteiger partial charge in [-0.25, -0.2) is 0 Å². The lowest BCUT2D eigenvalue weighted by atomic mass is 10.1. The monoisotopic (exact) mass is 291 g/mol. The number of ether oxygens (including phenoxy) is 1. The summed E-state index contributed by atoms with van der Waals surface area (Å²) >= 11 is 0. The molecule has 1 aromatic rings. The van der Waals surface area contributed by atoms with Gasteiger partial charge in [-0.15, -0.1) is 0 Å². The summed E-state index contributed by atoms with van der Waals surface area (Å²) in [6.45, 7) is 9.16. The van der Waals surface area contributed by atoms with Crippen molar-refractivity contribution in [1.29, 1.82) is 0 Å². The zero-order valence-corrected chi connectivity index (χ0v) is 13.9. The zero-order chi connectivity index (χ0) is 15.2. The van der Waals surface area contributed by atoms with Crippen LogP contribution in [0.4, 0.5) is 5.69 Å². The Balaban J connectivity index is 2.19. The first kappa shape index (κ1) is 16.2. The predicted octanol–water partition coefficient (Wildman–Crippen LogP) is 2.89. The van der Waals surface area contributed by atoms with Gasteiger partial charge in [-0.1, -0.05) is 6.92 Å². The number of nitrogens with zero attached hydrogens (tertiary/aromatic N) is 2. The maximum atomic E-state index is 5.29. The highest BCUT2D eigenvalue weighted by Crippen LogP contribution is 2.26. The van der Waals surface area contributed by atoms with E-state index in [0.29, 0.717) is 6.04 Å². The second kappa shape index (κ2) is 7.76. The summed E-state index contributed by atoms with van der Waals surface area (Å²) in [5.41, 5.74) is 3.68. The molecule has 1 aromatic heterocycles. The Kier molecular flexibility index (Phi) is 6.00. The standard InChI is InChI=1S/C17H29N3O/c1-5-14(3)20(8-9-21-4)17-10-13(2)18-11-15(17)12-19-16-6-7-16/h10-11,14,16,19H,5-9,12H2,1-4H3. The third-order valence-corrected chi connectivity index (χ3v) is 4.23. The molecule has 0 amide bonds. The fourth-order valence-corrected chi connectivity index (χ4v) is 2.51. The number of methoxy groups -OCH3 is 1. The van der Waals surface area contributed by atoms with Gasteiger partial charge in [0.25, 0.3) is 0 Å². The molecule has 1 N–H and O–H groups in total. The summed E-state index contributed by atoms with van der Waals surface area (Å²) in [5, 5.41) is 3.60. The van der Waals surface area contributed by atoms with Crippen molar-refractivity contribution in [3.63, 3.8) is 0 Å². The summed E-state index contributed by atoms with van der Waals surface area (Å²) in [6, 6.07) is 3.43. The van der Waals surface area contributed by atoms with Gasteiger partial charge >= 0.3 is 0 Å². The van der Waals surface area contributed by atoms with E-state index in [1.54, 1.807) is 7.11 Å². The molecule has 0 spiro atoms. The highest BCUT2D eigenvalue weighted by Gasteiger charge is 2.22. The van der Waals surface area contributed by atoms with E-state index in [4.69, 9.17) is 4.74 Å². The molecule has 1 atom stereocenters. The van der Waals surface area contributed by atoms with Gasteiger partial charge in [0.05, 0.1) is 6.61 Å². The van der Waals surface area contributed by atoms with E-state index >= 15 is 0 Å². The molecule has 0 radical (unpaired) electrons. The van der Waals surface area contributed by atoms with Crippen molar-refractivity contribution in [2.45, 2.75) is 58.7 Å². The van der Waals surface area contributed by atoms with Crippen molar-refractivity contribution >= 4 is 5.69 Å². The summed E-state index contributed by atoms with van der Waals surface area (Å²) in [5.74, 6) is 0. The molecule has 2 rings (SSSR count). The van der Waals surface area contributed by atoms with Crippen LogP contribution >= 0.6 is 0 Å². The minimum absolute atomic E-state index is 0.502. The summed E-state index contributed by atoms with van der Waals surface area (Å²) < 4.78 is 5.29. The van der Waals surface area contributed by atoms with Crippen LogP contribution in [0, 0.1) is 6.92 Å². The number of aryl methyl sites for hydroxylation is 1. The predicted molar refractivity (Wildman–Crippen MR) is 87.8 cm³/mol. The number of hydrogen-bond donors (Lipinski definition) is 1. The van der Waals surface area contributed by atoms with Crippen molar-refractivity contribution in [3.05, 3.63) is 23.5 Å². The smallest absolute Gasteiger partial charge is 0.0637 e. The van der Waals surface area contributed by atoms with E-state index in [2.05, 4.69) is 42.0 Å². The summed E-state index contributed by atoms with van der Waals surface area (Å²) in [6.07, 6.45) is 5.78. The Morgan fingerprint density at radius 3 is 2.86 bits per heavy atom. The normalized spacial score (nSPS) is 16.0. The third kappa shape index (κ3) is 4.68. The van der Waals surface area contributed by atoms with E-state index in [-0.39, 0.29) is 0 Å². The van der Waals surface area contributed by atoms with Crippen LogP contribution in [0.3, 0.4) is 0 Å². The van der Waals surface area contributed by atoms with E-state index in [1.165, 1.54) is 24.1 Å². The number of aromatic nitrogens is 1. The van der Waals surface area contributed by atoms with Gasteiger partial charge in [-0.3, -0.25) is 4.98 Å². The molecular formula is C17H29N3O. The van der Waals surface area contributed by atoms with Crippen LogP contribution in [-0.2, 0) is 11.3 Å². The number of anilines is 1. The van der Waals surface area contributed by atoms with Gasteiger partial charge in [0.2, 0.25) is 0 Å². The van der Waals surface area contributed by atoms with Crippen molar-refractivity contribution in [2.75, 3.05) is 25.2 Å². The molecule has 4 heteroatoms. The van der Waals surface area contributed by atoms with E-state index in [1.807, 2.05) is 6.20 Å². The van der Waals surface area contributed by atoms with Gasteiger partial charge in [-0.05, 0) is 39.2 Å². The molecule has 0 bridgehead atoms. The van der Waals surface area contributed by atoms with Gasteiger partial charge in [0, 0.05) is 55.4 Å². The molecule has 0 aliphatic heterocycles.